The first kappa shape index (κ1) is 7.62. The molecule has 1 aromatic carbocycles. The molecule has 0 bridgehead atoms. The van der Waals surface area contributed by atoms with Crippen LogP contribution in [0.2, 0.25) is 0 Å². The predicted octanol–water partition coefficient (Wildman–Crippen LogP) is 1.85. The smallest absolute Gasteiger partial charge is 0.119 e. The summed E-state index contributed by atoms with van der Waals surface area (Å²) in [6.45, 7) is 1.58. The summed E-state index contributed by atoms with van der Waals surface area (Å²) in [5, 5.41) is 0. The molecule has 2 nitrogen and oxygen atoms in total. The van der Waals surface area contributed by atoms with Crippen LogP contribution in [0.3, 0.4) is 0 Å². The van der Waals surface area contributed by atoms with Gasteiger partial charge in [0.15, 0.2) is 0 Å². The Bertz CT molecular complexity index is 229. The minimum atomic E-state index is 0.324. The van der Waals surface area contributed by atoms with Gasteiger partial charge in [-0.25, -0.2) is 0 Å². The first-order valence-electron chi connectivity index (χ1n) is 4.24. The Labute approximate surface area is 72.1 Å². The molecule has 1 heterocycles. The minimum absolute atomic E-state index is 0.324. The molecule has 12 heavy (non-hydrogen) atoms. The Morgan fingerprint density at radius 1 is 1.33 bits per heavy atom. The molecule has 2 rings (SSSR count). The third kappa shape index (κ3) is 1.77. The Balaban J connectivity index is 1.79. The van der Waals surface area contributed by atoms with Gasteiger partial charge >= 0.3 is 0 Å². The lowest BCUT2D eigenvalue weighted by Gasteiger charge is -2.26. The van der Waals surface area contributed by atoms with E-state index in [1.54, 1.807) is 0 Å². The van der Waals surface area contributed by atoms with E-state index in [-0.39, 0.29) is 0 Å². The van der Waals surface area contributed by atoms with Gasteiger partial charge in [0.05, 0.1) is 6.10 Å². The average Bonchev–Trinajstić information content (AvgIpc) is 2.04. The quantitative estimate of drug-likeness (QED) is 0.678. The average molecular weight is 164 g/mol. The Kier molecular flexibility index (Phi) is 2.28. The number of ether oxygens (including phenoxy) is 2. The topological polar surface area (TPSA) is 18.5 Å². The zero-order chi connectivity index (χ0) is 8.23. The second kappa shape index (κ2) is 3.59. The third-order valence-corrected chi connectivity index (χ3v) is 1.97. The van der Waals surface area contributed by atoms with E-state index in [1.807, 2.05) is 30.3 Å². The number of rotatable bonds is 3. The van der Waals surface area contributed by atoms with Crippen LogP contribution in [-0.4, -0.2) is 19.3 Å². The van der Waals surface area contributed by atoms with Crippen molar-refractivity contribution in [3.05, 3.63) is 30.3 Å². The van der Waals surface area contributed by atoms with Crippen molar-refractivity contribution >= 4 is 0 Å². The molecule has 0 aromatic heterocycles. The van der Waals surface area contributed by atoms with E-state index < -0.39 is 0 Å². The number of hydrogen-bond donors (Lipinski definition) is 0. The molecular formula is C10H12O2. The molecule has 1 aliphatic rings. The van der Waals surface area contributed by atoms with Crippen molar-refractivity contribution in [1.82, 2.24) is 0 Å². The summed E-state index contributed by atoms with van der Waals surface area (Å²) in [5.74, 6) is 0.924. The molecule has 1 saturated heterocycles. The van der Waals surface area contributed by atoms with E-state index in [0.717, 1.165) is 18.8 Å². The van der Waals surface area contributed by atoms with Crippen LogP contribution in [0.1, 0.15) is 6.42 Å². The van der Waals surface area contributed by atoms with Crippen molar-refractivity contribution in [3.63, 3.8) is 0 Å². The van der Waals surface area contributed by atoms with Gasteiger partial charge in [-0.1, -0.05) is 18.2 Å². The Hall–Kier alpha value is -1.02. The van der Waals surface area contributed by atoms with Gasteiger partial charge < -0.3 is 9.47 Å². The zero-order valence-corrected chi connectivity index (χ0v) is 6.90. The van der Waals surface area contributed by atoms with Crippen LogP contribution >= 0.6 is 0 Å². The molecule has 0 N–H and O–H groups in total. The van der Waals surface area contributed by atoms with E-state index in [1.165, 1.54) is 0 Å². The predicted molar refractivity (Wildman–Crippen MR) is 46.3 cm³/mol. The van der Waals surface area contributed by atoms with Gasteiger partial charge in [0.2, 0.25) is 0 Å². The zero-order valence-electron chi connectivity index (χ0n) is 6.90. The second-order valence-electron chi connectivity index (χ2n) is 2.91. The van der Waals surface area contributed by atoms with Gasteiger partial charge in [0.25, 0.3) is 0 Å². The van der Waals surface area contributed by atoms with Crippen LogP contribution in [0.15, 0.2) is 30.3 Å². The Morgan fingerprint density at radius 3 is 2.67 bits per heavy atom. The number of benzene rings is 1. The lowest BCUT2D eigenvalue weighted by atomic mass is 10.2. The molecule has 0 spiro atoms. The van der Waals surface area contributed by atoms with Gasteiger partial charge in [0, 0.05) is 13.0 Å². The molecule has 1 fully saturated rings. The maximum atomic E-state index is 5.48. The molecule has 2 heteroatoms. The summed E-state index contributed by atoms with van der Waals surface area (Å²) in [4.78, 5) is 0. The van der Waals surface area contributed by atoms with Gasteiger partial charge in [-0.05, 0) is 12.1 Å². The molecule has 1 atom stereocenters. The van der Waals surface area contributed by atoms with Gasteiger partial charge in [-0.3, -0.25) is 0 Å². The Morgan fingerprint density at radius 2 is 2.08 bits per heavy atom. The largest absolute Gasteiger partial charge is 0.491 e. The fraction of sp³-hybridized carbons (Fsp3) is 0.400. The summed E-state index contributed by atoms with van der Waals surface area (Å²) in [6.07, 6.45) is 1.46. The normalized spacial score (nSPS) is 21.5. The maximum Gasteiger partial charge on any atom is 0.119 e. The highest BCUT2D eigenvalue weighted by atomic mass is 16.5. The standard InChI is InChI=1S/C10H12O2/c1-2-4-9(5-3-1)12-8-10-6-7-11-10/h1-5,10H,6-8H2. The van der Waals surface area contributed by atoms with Gasteiger partial charge in [-0.2, -0.15) is 0 Å². The highest BCUT2D eigenvalue weighted by molar-refractivity contribution is 5.20. The molecule has 1 unspecified atom stereocenters. The molecule has 64 valence electrons. The molecule has 0 amide bonds. The minimum Gasteiger partial charge on any atom is -0.491 e. The summed E-state index contributed by atoms with van der Waals surface area (Å²) in [6, 6.07) is 9.83. The lowest BCUT2D eigenvalue weighted by molar-refractivity contribution is -0.0720. The monoisotopic (exact) mass is 164 g/mol. The maximum absolute atomic E-state index is 5.48. The van der Waals surface area contributed by atoms with E-state index in [2.05, 4.69) is 0 Å². The van der Waals surface area contributed by atoms with Crippen LogP contribution in [0.5, 0.6) is 5.75 Å². The van der Waals surface area contributed by atoms with Crippen molar-refractivity contribution in [3.8, 4) is 5.75 Å². The van der Waals surface area contributed by atoms with Crippen LogP contribution in [0.25, 0.3) is 0 Å². The molecule has 0 aliphatic carbocycles. The summed E-state index contributed by atoms with van der Waals surface area (Å²) < 4.78 is 10.7. The molecule has 0 saturated carbocycles. The van der Waals surface area contributed by atoms with Crippen molar-refractivity contribution < 1.29 is 9.47 Å². The van der Waals surface area contributed by atoms with Crippen molar-refractivity contribution in [2.75, 3.05) is 13.2 Å². The first-order chi connectivity index (χ1) is 5.95. The number of para-hydroxylation sites is 1. The third-order valence-electron chi connectivity index (χ3n) is 1.97. The first-order valence-corrected chi connectivity index (χ1v) is 4.24. The number of hydrogen-bond acceptors (Lipinski definition) is 2. The molecule has 1 aromatic rings. The fourth-order valence-electron chi connectivity index (χ4n) is 1.12. The van der Waals surface area contributed by atoms with Crippen LogP contribution in [0.4, 0.5) is 0 Å². The summed E-state index contributed by atoms with van der Waals surface area (Å²) >= 11 is 0. The summed E-state index contributed by atoms with van der Waals surface area (Å²) in [7, 11) is 0. The van der Waals surface area contributed by atoms with E-state index in [0.29, 0.717) is 12.7 Å². The highest BCUT2D eigenvalue weighted by Crippen LogP contribution is 2.14. The van der Waals surface area contributed by atoms with Crippen LogP contribution in [-0.2, 0) is 4.74 Å². The van der Waals surface area contributed by atoms with E-state index in [4.69, 9.17) is 9.47 Å². The molecule has 1 aliphatic heterocycles. The lowest BCUT2D eigenvalue weighted by Crippen LogP contribution is -2.32. The van der Waals surface area contributed by atoms with Gasteiger partial charge in [0.1, 0.15) is 12.4 Å². The van der Waals surface area contributed by atoms with Crippen molar-refractivity contribution in [2.45, 2.75) is 12.5 Å². The second-order valence-corrected chi connectivity index (χ2v) is 2.91. The SMILES string of the molecule is c1ccc(OCC2CCO2)cc1. The van der Waals surface area contributed by atoms with Crippen molar-refractivity contribution in [2.24, 2.45) is 0 Å². The van der Waals surface area contributed by atoms with Crippen molar-refractivity contribution in [1.29, 1.82) is 0 Å². The van der Waals surface area contributed by atoms with E-state index in [9.17, 15) is 0 Å². The fourth-order valence-corrected chi connectivity index (χ4v) is 1.12. The van der Waals surface area contributed by atoms with Gasteiger partial charge in [-0.15, -0.1) is 0 Å². The highest BCUT2D eigenvalue weighted by Gasteiger charge is 2.18. The summed E-state index contributed by atoms with van der Waals surface area (Å²) in [5.41, 5.74) is 0. The van der Waals surface area contributed by atoms with E-state index >= 15 is 0 Å². The molecular weight excluding hydrogens is 152 g/mol. The molecule has 0 radical (unpaired) electrons. The van der Waals surface area contributed by atoms with Crippen LogP contribution < -0.4 is 4.74 Å². The van der Waals surface area contributed by atoms with Crippen LogP contribution in [0, 0.1) is 0 Å².